The van der Waals surface area contributed by atoms with Crippen LogP contribution >= 0.6 is 27.7 Å². The van der Waals surface area contributed by atoms with Crippen LogP contribution in [0.15, 0.2) is 68.7 Å². The van der Waals surface area contributed by atoms with Crippen LogP contribution in [0.25, 0.3) is 6.08 Å². The van der Waals surface area contributed by atoms with E-state index in [2.05, 4.69) is 26.0 Å². The zero-order valence-electron chi connectivity index (χ0n) is 14.1. The maximum Gasteiger partial charge on any atom is 0.343 e. The lowest BCUT2D eigenvalue weighted by Gasteiger charge is -2.20. The first kappa shape index (κ1) is 18.3. The number of carbonyl (C=O) groups is 2. The highest BCUT2D eigenvalue weighted by molar-refractivity contribution is 9.10. The summed E-state index contributed by atoms with van der Waals surface area (Å²) in [6.45, 7) is 0. The summed E-state index contributed by atoms with van der Waals surface area (Å²) in [5.41, 5.74) is 2.74. The second-order valence-corrected chi connectivity index (χ2v) is 7.37. The maximum absolute atomic E-state index is 12.2. The number of nitrogens with one attached hydrogen (secondary N) is 1. The summed E-state index contributed by atoms with van der Waals surface area (Å²) in [5, 5.41) is 13.9. The normalized spacial score (nSPS) is 17.0. The third kappa shape index (κ3) is 3.54. The van der Waals surface area contributed by atoms with Gasteiger partial charge in [-0.25, -0.2) is 4.79 Å². The quantitative estimate of drug-likeness (QED) is 0.430. The van der Waals surface area contributed by atoms with Crippen LogP contribution in [0.2, 0.25) is 0 Å². The number of carbonyl (C=O) groups excluding carboxylic acids is 2. The number of esters is 1. The van der Waals surface area contributed by atoms with Crippen LogP contribution in [0.1, 0.15) is 15.9 Å². The van der Waals surface area contributed by atoms with Crippen molar-refractivity contribution >= 4 is 62.2 Å². The van der Waals surface area contributed by atoms with Gasteiger partial charge in [-0.1, -0.05) is 24.3 Å². The van der Waals surface area contributed by atoms with E-state index in [0.717, 1.165) is 0 Å². The van der Waals surface area contributed by atoms with E-state index in [9.17, 15) is 9.59 Å². The Balaban J connectivity index is 1.57. The lowest BCUT2D eigenvalue weighted by Crippen LogP contribution is -2.35. The number of ether oxygens (including phenoxy) is 1. The van der Waals surface area contributed by atoms with E-state index >= 15 is 0 Å². The number of halogens is 1. The Morgan fingerprint density at radius 3 is 2.75 bits per heavy atom. The van der Waals surface area contributed by atoms with Crippen molar-refractivity contribution in [2.75, 3.05) is 0 Å². The monoisotopic (exact) mass is 454 g/mol. The minimum atomic E-state index is -0.495. The van der Waals surface area contributed by atoms with Crippen molar-refractivity contribution in [3.8, 4) is 5.75 Å². The standard InChI is InChI=1S/C19H11BrN4O3S/c20-14-9-11(6-7-15(14)27-18(26)12-4-2-1-3-5-12)8-13-16(21)24-19(23-17(13)25)28-10-22-24/h1-10,21H/b13-8+,21-16?. The second-order valence-electron chi connectivity index (χ2n) is 5.70. The molecule has 0 radical (unpaired) electrons. The van der Waals surface area contributed by atoms with Crippen LogP contribution in [-0.2, 0) is 4.79 Å². The van der Waals surface area contributed by atoms with Gasteiger partial charge in [-0.2, -0.15) is 15.1 Å². The minimum Gasteiger partial charge on any atom is -0.422 e. The summed E-state index contributed by atoms with van der Waals surface area (Å²) < 4.78 is 5.95. The van der Waals surface area contributed by atoms with Gasteiger partial charge in [0.2, 0.25) is 0 Å². The molecule has 1 amide bonds. The molecule has 0 fully saturated rings. The van der Waals surface area contributed by atoms with E-state index in [1.165, 1.54) is 22.3 Å². The Labute approximate surface area is 172 Å². The molecule has 0 bridgehead atoms. The van der Waals surface area contributed by atoms with Crippen molar-refractivity contribution < 1.29 is 14.3 Å². The summed E-state index contributed by atoms with van der Waals surface area (Å²) >= 11 is 4.57. The number of benzene rings is 2. The molecule has 0 atom stereocenters. The van der Waals surface area contributed by atoms with E-state index in [1.54, 1.807) is 48.5 Å². The van der Waals surface area contributed by atoms with Gasteiger partial charge in [-0.15, -0.1) is 0 Å². The number of nitrogens with zero attached hydrogens (tertiary/aromatic N) is 3. The number of rotatable bonds is 3. The van der Waals surface area contributed by atoms with Crippen molar-refractivity contribution in [1.29, 1.82) is 5.41 Å². The molecule has 0 spiro atoms. The summed E-state index contributed by atoms with van der Waals surface area (Å²) in [5.74, 6) is -0.651. The molecule has 2 aromatic carbocycles. The van der Waals surface area contributed by atoms with Crippen LogP contribution in [0.3, 0.4) is 0 Å². The maximum atomic E-state index is 12.2. The smallest absolute Gasteiger partial charge is 0.343 e. The molecular weight excluding hydrogens is 444 g/mol. The van der Waals surface area contributed by atoms with Gasteiger partial charge in [0.25, 0.3) is 5.91 Å². The molecule has 28 heavy (non-hydrogen) atoms. The third-order valence-electron chi connectivity index (χ3n) is 3.88. The molecule has 2 heterocycles. The molecule has 7 nitrogen and oxygen atoms in total. The van der Waals surface area contributed by atoms with Crippen LogP contribution in [0, 0.1) is 5.41 Å². The van der Waals surface area contributed by atoms with Gasteiger partial charge in [-0.3, -0.25) is 10.2 Å². The number of hydrogen-bond acceptors (Lipinski definition) is 6. The number of hydrazone groups is 1. The summed E-state index contributed by atoms with van der Waals surface area (Å²) in [7, 11) is 0. The molecule has 0 saturated heterocycles. The van der Waals surface area contributed by atoms with E-state index < -0.39 is 11.9 Å². The Morgan fingerprint density at radius 2 is 2.00 bits per heavy atom. The van der Waals surface area contributed by atoms with Gasteiger partial charge in [0.15, 0.2) is 11.0 Å². The fraction of sp³-hybridized carbons (Fsp3) is 0. The highest BCUT2D eigenvalue weighted by atomic mass is 79.9. The van der Waals surface area contributed by atoms with E-state index in [1.807, 2.05) is 6.07 Å². The van der Waals surface area contributed by atoms with Crippen LogP contribution in [0.4, 0.5) is 0 Å². The van der Waals surface area contributed by atoms with E-state index in [4.69, 9.17) is 10.1 Å². The third-order valence-corrected chi connectivity index (χ3v) is 5.17. The fourth-order valence-electron chi connectivity index (χ4n) is 2.53. The summed E-state index contributed by atoms with van der Waals surface area (Å²) in [6.07, 6.45) is 1.55. The topological polar surface area (TPSA) is 95.2 Å². The van der Waals surface area contributed by atoms with Crippen molar-refractivity contribution in [2.24, 2.45) is 10.1 Å². The molecule has 2 aromatic rings. The SMILES string of the molecule is N=C1/C(=C\c2ccc(OC(=O)c3ccccc3)c(Br)c2)C(=O)N=C2SC=NN12. The molecule has 0 unspecified atom stereocenters. The number of aliphatic imine (C=N–C) groups is 1. The number of hydrogen-bond donors (Lipinski definition) is 1. The predicted octanol–water partition coefficient (Wildman–Crippen LogP) is 3.92. The van der Waals surface area contributed by atoms with Crippen molar-refractivity contribution in [3.05, 3.63) is 69.7 Å². The zero-order valence-corrected chi connectivity index (χ0v) is 16.5. The average Bonchev–Trinajstić information content (AvgIpc) is 3.16. The van der Waals surface area contributed by atoms with Gasteiger partial charge in [0.1, 0.15) is 5.75 Å². The minimum absolute atomic E-state index is 0.0352. The van der Waals surface area contributed by atoms with Gasteiger partial charge in [0, 0.05) is 0 Å². The molecule has 1 N–H and O–H groups in total. The molecule has 0 saturated carbocycles. The fourth-order valence-corrected chi connectivity index (χ4v) is 3.61. The Kier molecular flexibility index (Phi) is 4.93. The van der Waals surface area contributed by atoms with Crippen molar-refractivity contribution in [1.82, 2.24) is 5.01 Å². The Bertz CT molecular complexity index is 1100. The van der Waals surface area contributed by atoms with Gasteiger partial charge >= 0.3 is 5.97 Å². The molecule has 4 rings (SSSR count). The summed E-state index contributed by atoms with van der Waals surface area (Å²) in [6, 6.07) is 13.7. The molecular formula is C19H11BrN4O3S. The predicted molar refractivity (Wildman–Crippen MR) is 112 cm³/mol. The number of amides is 1. The van der Waals surface area contributed by atoms with Crippen LogP contribution < -0.4 is 4.74 Å². The Morgan fingerprint density at radius 1 is 1.21 bits per heavy atom. The lowest BCUT2D eigenvalue weighted by molar-refractivity contribution is -0.114. The lowest BCUT2D eigenvalue weighted by atomic mass is 10.1. The van der Waals surface area contributed by atoms with Crippen molar-refractivity contribution in [2.45, 2.75) is 0 Å². The van der Waals surface area contributed by atoms with Crippen molar-refractivity contribution in [3.63, 3.8) is 0 Å². The highest BCUT2D eigenvalue weighted by Gasteiger charge is 2.32. The molecule has 138 valence electrons. The first-order chi connectivity index (χ1) is 13.5. The molecule has 2 aliphatic heterocycles. The zero-order chi connectivity index (χ0) is 19.7. The van der Waals surface area contributed by atoms with Gasteiger partial charge < -0.3 is 4.74 Å². The van der Waals surface area contributed by atoms with Crippen LogP contribution in [-0.4, -0.2) is 33.4 Å². The largest absolute Gasteiger partial charge is 0.422 e. The Hall–Kier alpha value is -3.04. The van der Waals surface area contributed by atoms with Gasteiger partial charge in [-0.05, 0) is 63.6 Å². The number of thioether (sulfide) groups is 1. The first-order valence-corrected chi connectivity index (χ1v) is 9.70. The van der Waals surface area contributed by atoms with E-state index in [-0.39, 0.29) is 11.4 Å². The molecule has 0 aliphatic carbocycles. The average molecular weight is 455 g/mol. The number of amidine groups is 2. The molecule has 2 aliphatic rings. The van der Waals surface area contributed by atoms with Crippen LogP contribution in [0.5, 0.6) is 5.75 Å². The molecule has 9 heteroatoms. The second kappa shape index (κ2) is 7.53. The first-order valence-electron chi connectivity index (χ1n) is 8.02. The highest BCUT2D eigenvalue weighted by Crippen LogP contribution is 2.29. The van der Waals surface area contributed by atoms with E-state index in [0.29, 0.717) is 26.5 Å². The number of fused-ring (bicyclic) bond motifs is 1. The summed E-state index contributed by atoms with van der Waals surface area (Å²) in [4.78, 5) is 28.4. The molecule has 0 aromatic heterocycles. The van der Waals surface area contributed by atoms with Gasteiger partial charge in [0.05, 0.1) is 21.2 Å².